The summed E-state index contributed by atoms with van der Waals surface area (Å²) in [5.41, 5.74) is 2.79. The van der Waals surface area contributed by atoms with Crippen LogP contribution < -0.4 is 4.74 Å². The average Bonchev–Trinajstić information content (AvgIpc) is 3.28. The second kappa shape index (κ2) is 6.32. The number of benzene rings is 2. The van der Waals surface area contributed by atoms with Gasteiger partial charge in [-0.2, -0.15) is 5.10 Å². The number of hydrogen-bond acceptors (Lipinski definition) is 4. The van der Waals surface area contributed by atoms with E-state index in [1.807, 2.05) is 66.5 Å². The number of fused-ring (bicyclic) bond motifs is 3. The molecule has 0 bridgehead atoms. The molecule has 6 heteroatoms. The molecule has 4 nitrogen and oxygen atoms in total. The van der Waals surface area contributed by atoms with Gasteiger partial charge in [0.05, 0.1) is 6.04 Å². The number of furan rings is 1. The molecule has 3 heterocycles. The van der Waals surface area contributed by atoms with Crippen LogP contribution in [0.2, 0.25) is 10.0 Å². The molecule has 2 aliphatic rings. The highest BCUT2D eigenvalue weighted by Crippen LogP contribution is 2.49. The van der Waals surface area contributed by atoms with Crippen molar-refractivity contribution in [2.75, 3.05) is 0 Å². The smallest absolute Gasteiger partial charge is 0.215 e. The zero-order valence-electron chi connectivity index (χ0n) is 14.5. The minimum Gasteiger partial charge on any atom is -0.464 e. The maximum absolute atomic E-state index is 6.46. The molecule has 5 rings (SSSR count). The molecule has 1 aromatic heterocycles. The van der Waals surface area contributed by atoms with E-state index >= 15 is 0 Å². The van der Waals surface area contributed by atoms with Crippen molar-refractivity contribution in [3.8, 4) is 5.75 Å². The summed E-state index contributed by atoms with van der Waals surface area (Å²) in [5, 5.41) is 8.14. The lowest BCUT2D eigenvalue weighted by Crippen LogP contribution is -2.33. The summed E-state index contributed by atoms with van der Waals surface area (Å²) in [6.07, 6.45) is 0.302. The van der Waals surface area contributed by atoms with Crippen LogP contribution in [0, 0.1) is 6.92 Å². The Morgan fingerprint density at radius 2 is 1.89 bits per heavy atom. The van der Waals surface area contributed by atoms with Gasteiger partial charge in [0.15, 0.2) is 0 Å². The molecule has 3 aromatic rings. The summed E-state index contributed by atoms with van der Waals surface area (Å²) in [6.45, 7) is 1.93. The predicted molar refractivity (Wildman–Crippen MR) is 105 cm³/mol. The summed E-state index contributed by atoms with van der Waals surface area (Å²) in [4.78, 5) is 0. The Kier molecular flexibility index (Phi) is 3.92. The van der Waals surface area contributed by atoms with Gasteiger partial charge in [-0.05, 0) is 43.3 Å². The number of rotatable bonds is 2. The van der Waals surface area contributed by atoms with E-state index < -0.39 is 6.23 Å². The van der Waals surface area contributed by atoms with Crippen molar-refractivity contribution in [1.82, 2.24) is 5.01 Å². The molecule has 136 valence electrons. The van der Waals surface area contributed by atoms with Gasteiger partial charge in [0.2, 0.25) is 6.23 Å². The van der Waals surface area contributed by atoms with Gasteiger partial charge in [-0.3, -0.25) is 0 Å². The van der Waals surface area contributed by atoms with E-state index in [-0.39, 0.29) is 6.04 Å². The molecule has 0 radical (unpaired) electrons. The highest BCUT2D eigenvalue weighted by molar-refractivity contribution is 6.31. The lowest BCUT2D eigenvalue weighted by Gasteiger charge is -2.38. The Bertz CT molecular complexity index is 1060. The molecule has 0 fully saturated rings. The van der Waals surface area contributed by atoms with Crippen LogP contribution >= 0.6 is 23.2 Å². The topological polar surface area (TPSA) is 38.0 Å². The Hall–Kier alpha value is -2.43. The Labute approximate surface area is 166 Å². The molecule has 2 aromatic carbocycles. The first kappa shape index (κ1) is 16.7. The fraction of sp³-hybridized carbons (Fsp3) is 0.190. The molecule has 0 saturated heterocycles. The standard InChI is InChI=1S/C21H16Cl2N2O2/c1-12-6-8-20(26-12)17-11-18-15-10-13(22)7-9-19(15)27-21(25(18)24-17)14-4-2-3-5-16(14)23/h2-10,18,21H,11H2,1H3/t18-,21+/m1/s1. The fourth-order valence-corrected chi connectivity index (χ4v) is 4.09. The summed E-state index contributed by atoms with van der Waals surface area (Å²) in [5.74, 6) is 2.45. The number of hydrogen-bond donors (Lipinski definition) is 0. The van der Waals surface area contributed by atoms with Gasteiger partial charge in [0.25, 0.3) is 0 Å². The second-order valence-corrected chi connectivity index (χ2v) is 7.57. The molecule has 0 saturated carbocycles. The zero-order valence-corrected chi connectivity index (χ0v) is 16.0. The van der Waals surface area contributed by atoms with E-state index in [9.17, 15) is 0 Å². The quantitative estimate of drug-likeness (QED) is 0.520. The SMILES string of the molecule is Cc1ccc(C2=NN3[C@H](C2)c2cc(Cl)ccc2O[C@H]3c2ccccc2Cl)o1. The lowest BCUT2D eigenvalue weighted by atomic mass is 9.97. The Balaban J connectivity index is 1.63. The van der Waals surface area contributed by atoms with Crippen molar-refractivity contribution >= 4 is 28.9 Å². The molecule has 0 aliphatic carbocycles. The number of aryl methyl sites for hydroxylation is 1. The molecular weight excluding hydrogens is 383 g/mol. The molecule has 0 N–H and O–H groups in total. The average molecular weight is 399 g/mol. The van der Waals surface area contributed by atoms with Crippen LogP contribution in [0.1, 0.15) is 41.3 Å². The largest absolute Gasteiger partial charge is 0.464 e. The van der Waals surface area contributed by atoms with Gasteiger partial charge in [0, 0.05) is 27.6 Å². The van der Waals surface area contributed by atoms with Crippen LogP contribution in [0.3, 0.4) is 0 Å². The van der Waals surface area contributed by atoms with Gasteiger partial charge >= 0.3 is 0 Å². The van der Waals surface area contributed by atoms with Crippen molar-refractivity contribution in [3.05, 3.63) is 87.3 Å². The number of nitrogens with zero attached hydrogens (tertiary/aromatic N) is 2. The van der Waals surface area contributed by atoms with Crippen molar-refractivity contribution in [2.24, 2.45) is 5.10 Å². The van der Waals surface area contributed by atoms with E-state index in [4.69, 9.17) is 37.5 Å². The highest BCUT2D eigenvalue weighted by atomic mass is 35.5. The van der Waals surface area contributed by atoms with E-state index in [1.54, 1.807) is 0 Å². The summed E-state index contributed by atoms with van der Waals surface area (Å²) >= 11 is 12.7. The molecule has 2 aliphatic heterocycles. The van der Waals surface area contributed by atoms with Crippen molar-refractivity contribution in [3.63, 3.8) is 0 Å². The van der Waals surface area contributed by atoms with E-state index in [2.05, 4.69) is 0 Å². The van der Waals surface area contributed by atoms with Crippen LogP contribution in [0.4, 0.5) is 0 Å². The van der Waals surface area contributed by atoms with Crippen molar-refractivity contribution in [2.45, 2.75) is 25.6 Å². The maximum atomic E-state index is 6.46. The van der Waals surface area contributed by atoms with E-state index in [1.165, 1.54) is 0 Å². The highest BCUT2D eigenvalue weighted by Gasteiger charge is 2.42. The number of hydrazone groups is 1. The summed E-state index contributed by atoms with van der Waals surface area (Å²) in [6, 6.07) is 17.3. The zero-order chi connectivity index (χ0) is 18.5. The normalized spacial score (nSPS) is 20.7. The van der Waals surface area contributed by atoms with E-state index in [0.717, 1.165) is 34.1 Å². The summed E-state index contributed by atoms with van der Waals surface area (Å²) < 4.78 is 12.1. The molecule has 0 amide bonds. The number of ether oxygens (including phenoxy) is 1. The Morgan fingerprint density at radius 3 is 2.67 bits per heavy atom. The first-order chi connectivity index (χ1) is 13.1. The lowest BCUT2D eigenvalue weighted by molar-refractivity contribution is -0.0189. The molecular formula is C21H16Cl2N2O2. The molecule has 27 heavy (non-hydrogen) atoms. The minimum atomic E-state index is -0.411. The van der Waals surface area contributed by atoms with Gasteiger partial charge in [-0.25, -0.2) is 5.01 Å². The first-order valence-electron chi connectivity index (χ1n) is 8.73. The minimum absolute atomic E-state index is 0.00845. The van der Waals surface area contributed by atoms with Crippen LogP contribution in [0.25, 0.3) is 0 Å². The third-order valence-corrected chi connectivity index (χ3v) is 5.53. The third-order valence-electron chi connectivity index (χ3n) is 4.95. The van der Waals surface area contributed by atoms with Gasteiger partial charge < -0.3 is 9.15 Å². The maximum Gasteiger partial charge on any atom is 0.215 e. The molecule has 0 spiro atoms. The van der Waals surface area contributed by atoms with Crippen LogP contribution in [-0.4, -0.2) is 10.7 Å². The van der Waals surface area contributed by atoms with Crippen LogP contribution in [0.15, 0.2) is 64.1 Å². The number of halogens is 2. The molecule has 2 atom stereocenters. The van der Waals surface area contributed by atoms with Gasteiger partial charge in [-0.1, -0.05) is 41.4 Å². The van der Waals surface area contributed by atoms with Crippen LogP contribution in [0.5, 0.6) is 5.75 Å². The van der Waals surface area contributed by atoms with E-state index in [0.29, 0.717) is 16.5 Å². The monoisotopic (exact) mass is 398 g/mol. The summed E-state index contributed by atoms with van der Waals surface area (Å²) in [7, 11) is 0. The van der Waals surface area contributed by atoms with Crippen molar-refractivity contribution < 1.29 is 9.15 Å². The second-order valence-electron chi connectivity index (χ2n) is 6.73. The third kappa shape index (κ3) is 2.80. The predicted octanol–water partition coefficient (Wildman–Crippen LogP) is 6.14. The Morgan fingerprint density at radius 1 is 1.04 bits per heavy atom. The van der Waals surface area contributed by atoms with Gasteiger partial charge in [-0.15, -0.1) is 0 Å². The van der Waals surface area contributed by atoms with Crippen LogP contribution in [-0.2, 0) is 0 Å². The molecule has 0 unspecified atom stereocenters. The van der Waals surface area contributed by atoms with Gasteiger partial charge in [0.1, 0.15) is 23.0 Å². The fourth-order valence-electron chi connectivity index (χ4n) is 3.68. The van der Waals surface area contributed by atoms with Crippen molar-refractivity contribution in [1.29, 1.82) is 0 Å². The first-order valence-corrected chi connectivity index (χ1v) is 9.49.